The number of ether oxygens (including phenoxy) is 1. The molecular formula is C17H22N2O. The summed E-state index contributed by atoms with van der Waals surface area (Å²) in [5.74, 6) is 0.755. The van der Waals surface area contributed by atoms with E-state index in [9.17, 15) is 0 Å². The highest BCUT2D eigenvalue weighted by Crippen LogP contribution is 2.28. The van der Waals surface area contributed by atoms with Crippen molar-refractivity contribution in [3.8, 4) is 5.88 Å². The van der Waals surface area contributed by atoms with Crippen LogP contribution >= 0.6 is 0 Å². The molecule has 106 valence electrons. The molecule has 3 rings (SSSR count). The topological polar surface area (TPSA) is 34.1 Å². The first kappa shape index (κ1) is 13.4. The van der Waals surface area contributed by atoms with Crippen molar-refractivity contribution < 1.29 is 4.74 Å². The van der Waals surface area contributed by atoms with Gasteiger partial charge in [0.1, 0.15) is 0 Å². The zero-order chi connectivity index (χ0) is 13.9. The van der Waals surface area contributed by atoms with Crippen LogP contribution < -0.4 is 10.1 Å². The van der Waals surface area contributed by atoms with Crippen LogP contribution in [0.2, 0.25) is 0 Å². The summed E-state index contributed by atoms with van der Waals surface area (Å²) in [6.45, 7) is 5.10. The second kappa shape index (κ2) is 5.80. The van der Waals surface area contributed by atoms with Crippen LogP contribution in [0.15, 0.2) is 30.5 Å². The van der Waals surface area contributed by atoms with Gasteiger partial charge in [0.2, 0.25) is 5.88 Å². The number of hydrogen-bond donors (Lipinski definition) is 1. The Morgan fingerprint density at radius 1 is 1.30 bits per heavy atom. The maximum absolute atomic E-state index is 5.94. The fourth-order valence-corrected chi connectivity index (χ4v) is 2.28. The van der Waals surface area contributed by atoms with Crippen LogP contribution in [0.1, 0.15) is 38.7 Å². The van der Waals surface area contributed by atoms with Gasteiger partial charge in [0.15, 0.2) is 0 Å². The molecule has 3 nitrogen and oxygen atoms in total. The van der Waals surface area contributed by atoms with Gasteiger partial charge in [-0.05, 0) is 43.2 Å². The molecular weight excluding hydrogens is 248 g/mol. The lowest BCUT2D eigenvalue weighted by Gasteiger charge is -2.15. The average molecular weight is 270 g/mol. The van der Waals surface area contributed by atoms with Crippen LogP contribution in [-0.4, -0.2) is 17.1 Å². The summed E-state index contributed by atoms with van der Waals surface area (Å²) in [5.41, 5.74) is 1.25. The third-order valence-electron chi connectivity index (χ3n) is 3.89. The van der Waals surface area contributed by atoms with Crippen LogP contribution in [0.4, 0.5) is 0 Å². The second-order valence-electron chi connectivity index (χ2n) is 5.63. The highest BCUT2D eigenvalue weighted by atomic mass is 16.5. The molecule has 1 aliphatic rings. The lowest BCUT2D eigenvalue weighted by Crippen LogP contribution is -2.16. The maximum Gasteiger partial charge on any atom is 0.221 e. The molecule has 1 aromatic carbocycles. The van der Waals surface area contributed by atoms with Crippen LogP contribution in [0.3, 0.4) is 0 Å². The largest absolute Gasteiger partial charge is 0.474 e. The Balaban J connectivity index is 1.91. The van der Waals surface area contributed by atoms with Crippen molar-refractivity contribution >= 4 is 10.8 Å². The van der Waals surface area contributed by atoms with E-state index in [1.807, 2.05) is 12.3 Å². The molecule has 0 aliphatic heterocycles. The fraction of sp³-hybridized carbons (Fsp3) is 0.471. The Kier molecular flexibility index (Phi) is 3.88. The maximum atomic E-state index is 5.94. The van der Waals surface area contributed by atoms with E-state index in [0.29, 0.717) is 6.04 Å². The van der Waals surface area contributed by atoms with E-state index in [-0.39, 0.29) is 6.10 Å². The zero-order valence-corrected chi connectivity index (χ0v) is 12.2. The van der Waals surface area contributed by atoms with Crippen molar-refractivity contribution in [1.29, 1.82) is 0 Å². The van der Waals surface area contributed by atoms with Crippen molar-refractivity contribution in [1.82, 2.24) is 10.3 Å². The lowest BCUT2D eigenvalue weighted by molar-refractivity contribution is 0.211. The molecule has 1 aliphatic carbocycles. The van der Waals surface area contributed by atoms with Gasteiger partial charge in [0, 0.05) is 24.2 Å². The molecule has 1 fully saturated rings. The van der Waals surface area contributed by atoms with Gasteiger partial charge in [-0.1, -0.05) is 25.1 Å². The first-order valence-corrected chi connectivity index (χ1v) is 7.54. The minimum atomic E-state index is 0.196. The highest BCUT2D eigenvalue weighted by Gasteiger charge is 2.20. The van der Waals surface area contributed by atoms with E-state index in [1.54, 1.807) is 0 Å². The molecule has 0 amide bonds. The molecule has 1 N–H and O–H groups in total. The lowest BCUT2D eigenvalue weighted by atomic mass is 10.1. The third kappa shape index (κ3) is 2.93. The summed E-state index contributed by atoms with van der Waals surface area (Å²) in [5, 5.41) is 5.91. The first-order chi connectivity index (χ1) is 9.78. The van der Waals surface area contributed by atoms with Crippen LogP contribution in [-0.2, 0) is 6.54 Å². The summed E-state index contributed by atoms with van der Waals surface area (Å²) in [7, 11) is 0. The predicted molar refractivity (Wildman–Crippen MR) is 82.0 cm³/mol. The van der Waals surface area contributed by atoms with Crippen molar-refractivity contribution in [3.05, 3.63) is 36.0 Å². The Labute approximate surface area is 120 Å². The molecule has 20 heavy (non-hydrogen) atoms. The number of pyridine rings is 1. The van der Waals surface area contributed by atoms with Gasteiger partial charge in [-0.3, -0.25) is 0 Å². The SMILES string of the molecule is CCC(C)Oc1ncc(CNC2CC2)c2ccccc12. The van der Waals surface area contributed by atoms with E-state index in [1.165, 1.54) is 23.8 Å². The molecule has 1 atom stereocenters. The van der Waals surface area contributed by atoms with Gasteiger partial charge < -0.3 is 10.1 Å². The number of nitrogens with one attached hydrogen (secondary N) is 1. The molecule has 0 bridgehead atoms. The number of aromatic nitrogens is 1. The normalized spacial score (nSPS) is 16.3. The molecule has 1 unspecified atom stereocenters. The Morgan fingerprint density at radius 3 is 2.75 bits per heavy atom. The summed E-state index contributed by atoms with van der Waals surface area (Å²) < 4.78 is 5.94. The minimum absolute atomic E-state index is 0.196. The fourth-order valence-electron chi connectivity index (χ4n) is 2.28. The van der Waals surface area contributed by atoms with E-state index in [0.717, 1.165) is 24.2 Å². The smallest absolute Gasteiger partial charge is 0.221 e. The Morgan fingerprint density at radius 2 is 2.05 bits per heavy atom. The molecule has 1 aromatic heterocycles. The van der Waals surface area contributed by atoms with Crippen molar-refractivity contribution in [2.24, 2.45) is 0 Å². The second-order valence-corrected chi connectivity index (χ2v) is 5.63. The van der Waals surface area contributed by atoms with Gasteiger partial charge in [-0.2, -0.15) is 0 Å². The molecule has 0 saturated heterocycles. The van der Waals surface area contributed by atoms with Crippen molar-refractivity contribution in [3.63, 3.8) is 0 Å². The highest BCUT2D eigenvalue weighted by molar-refractivity contribution is 5.89. The van der Waals surface area contributed by atoms with E-state index >= 15 is 0 Å². The van der Waals surface area contributed by atoms with Crippen molar-refractivity contribution in [2.45, 2.75) is 51.8 Å². The number of hydrogen-bond acceptors (Lipinski definition) is 3. The standard InChI is InChI=1S/C17H22N2O/c1-3-12(2)20-17-16-7-5-4-6-15(16)13(11-19-17)10-18-14-8-9-14/h4-7,11-12,14,18H,3,8-10H2,1-2H3. The molecule has 0 radical (unpaired) electrons. The number of nitrogens with zero attached hydrogens (tertiary/aromatic N) is 1. The summed E-state index contributed by atoms with van der Waals surface area (Å²) in [6.07, 6.45) is 5.75. The van der Waals surface area contributed by atoms with Gasteiger partial charge in [0.25, 0.3) is 0 Å². The summed E-state index contributed by atoms with van der Waals surface area (Å²) >= 11 is 0. The summed E-state index contributed by atoms with van der Waals surface area (Å²) in [6, 6.07) is 9.09. The van der Waals surface area contributed by atoms with Crippen LogP contribution in [0.25, 0.3) is 10.8 Å². The van der Waals surface area contributed by atoms with Crippen molar-refractivity contribution in [2.75, 3.05) is 0 Å². The number of rotatable bonds is 6. The van der Waals surface area contributed by atoms with Crippen LogP contribution in [0, 0.1) is 0 Å². The van der Waals surface area contributed by atoms with Gasteiger partial charge in [-0.15, -0.1) is 0 Å². The van der Waals surface area contributed by atoms with E-state index in [4.69, 9.17) is 4.74 Å². The van der Waals surface area contributed by atoms with Crippen LogP contribution in [0.5, 0.6) is 5.88 Å². The zero-order valence-electron chi connectivity index (χ0n) is 12.2. The van der Waals surface area contributed by atoms with Gasteiger partial charge in [0.05, 0.1) is 6.10 Å². The summed E-state index contributed by atoms with van der Waals surface area (Å²) in [4.78, 5) is 4.53. The Bertz CT molecular complexity index is 593. The van der Waals surface area contributed by atoms with Gasteiger partial charge in [-0.25, -0.2) is 4.98 Å². The average Bonchev–Trinajstić information content (AvgIpc) is 3.30. The number of fused-ring (bicyclic) bond motifs is 1. The molecule has 3 heteroatoms. The molecule has 1 heterocycles. The number of benzene rings is 1. The Hall–Kier alpha value is -1.61. The molecule has 2 aromatic rings. The predicted octanol–water partition coefficient (Wildman–Crippen LogP) is 3.66. The monoisotopic (exact) mass is 270 g/mol. The van der Waals surface area contributed by atoms with E-state index < -0.39 is 0 Å². The molecule has 1 saturated carbocycles. The quantitative estimate of drug-likeness (QED) is 0.869. The third-order valence-corrected chi connectivity index (χ3v) is 3.89. The van der Waals surface area contributed by atoms with E-state index in [2.05, 4.69) is 42.3 Å². The minimum Gasteiger partial charge on any atom is -0.474 e. The van der Waals surface area contributed by atoms with Gasteiger partial charge >= 0.3 is 0 Å². The molecule has 0 spiro atoms. The first-order valence-electron chi connectivity index (χ1n) is 7.54.